The Hall–Kier alpha value is -1.41. The van der Waals surface area contributed by atoms with Crippen molar-refractivity contribution in [2.24, 2.45) is 0 Å². The molecule has 5 nitrogen and oxygen atoms in total. The average Bonchev–Trinajstić information content (AvgIpc) is 3.14. The van der Waals surface area contributed by atoms with E-state index in [-0.39, 0.29) is 0 Å². The Labute approximate surface area is 160 Å². The van der Waals surface area contributed by atoms with Gasteiger partial charge in [-0.25, -0.2) is 8.42 Å². The number of piperazine rings is 1. The van der Waals surface area contributed by atoms with Gasteiger partial charge in [-0.1, -0.05) is 25.1 Å². The summed E-state index contributed by atoms with van der Waals surface area (Å²) in [7, 11) is -3.35. The first-order valence-corrected chi connectivity index (χ1v) is 11.3. The van der Waals surface area contributed by atoms with Crippen molar-refractivity contribution in [3.05, 3.63) is 46.8 Å². The summed E-state index contributed by atoms with van der Waals surface area (Å²) >= 11 is 1.38. The number of para-hydroxylation sites is 1. The lowest BCUT2D eigenvalue weighted by atomic mass is 10.2. The van der Waals surface area contributed by atoms with Crippen LogP contribution in [-0.2, 0) is 16.4 Å². The molecule has 0 bridgehead atoms. The zero-order valence-electron chi connectivity index (χ0n) is 15.3. The molecular formula is C19H26N2O3S2. The van der Waals surface area contributed by atoms with Crippen molar-refractivity contribution in [2.45, 2.75) is 24.5 Å². The molecule has 1 aliphatic rings. The van der Waals surface area contributed by atoms with Gasteiger partial charge in [-0.2, -0.15) is 4.31 Å². The van der Waals surface area contributed by atoms with E-state index in [0.717, 1.165) is 42.2 Å². The monoisotopic (exact) mass is 394 g/mol. The molecule has 1 aromatic heterocycles. The molecule has 0 saturated carbocycles. The van der Waals surface area contributed by atoms with Gasteiger partial charge in [0.25, 0.3) is 10.0 Å². The standard InChI is InChI=1S/C19H26N2O3S2/c1-3-17-8-9-19(25-17)26(22,23)21-12-10-20(11-13-21)14-15-24-18-7-5-4-6-16(18)2/h4-9H,3,10-15H2,1-2H3. The Morgan fingerprint density at radius 2 is 1.81 bits per heavy atom. The predicted octanol–water partition coefficient (Wildman–Crippen LogP) is 3.00. The zero-order chi connectivity index (χ0) is 18.6. The van der Waals surface area contributed by atoms with Crippen molar-refractivity contribution in [1.29, 1.82) is 0 Å². The van der Waals surface area contributed by atoms with Crippen LogP contribution >= 0.6 is 11.3 Å². The maximum Gasteiger partial charge on any atom is 0.252 e. The zero-order valence-corrected chi connectivity index (χ0v) is 17.0. The summed E-state index contributed by atoms with van der Waals surface area (Å²) in [5.74, 6) is 0.915. The molecular weight excluding hydrogens is 368 g/mol. The summed E-state index contributed by atoms with van der Waals surface area (Å²) in [5, 5.41) is 0. The van der Waals surface area contributed by atoms with Gasteiger partial charge >= 0.3 is 0 Å². The third kappa shape index (κ3) is 4.46. The van der Waals surface area contributed by atoms with Crippen LogP contribution in [0, 0.1) is 6.92 Å². The Bertz CT molecular complexity index is 825. The van der Waals surface area contributed by atoms with Gasteiger partial charge in [-0.3, -0.25) is 4.90 Å². The van der Waals surface area contributed by atoms with Crippen molar-refractivity contribution in [2.75, 3.05) is 39.3 Å². The second kappa shape index (κ2) is 8.52. The molecule has 0 amide bonds. The van der Waals surface area contributed by atoms with Gasteiger partial charge in [0, 0.05) is 37.6 Å². The average molecular weight is 395 g/mol. The van der Waals surface area contributed by atoms with Crippen LogP contribution in [0.2, 0.25) is 0 Å². The second-order valence-corrected chi connectivity index (χ2v) is 9.77. The molecule has 26 heavy (non-hydrogen) atoms. The van der Waals surface area contributed by atoms with Crippen molar-refractivity contribution < 1.29 is 13.2 Å². The summed E-state index contributed by atoms with van der Waals surface area (Å²) in [5.41, 5.74) is 1.13. The van der Waals surface area contributed by atoms with E-state index in [1.54, 1.807) is 10.4 Å². The molecule has 3 rings (SSSR count). The Kier molecular flexibility index (Phi) is 6.34. The molecule has 0 spiro atoms. The van der Waals surface area contributed by atoms with E-state index < -0.39 is 10.0 Å². The number of benzene rings is 1. The van der Waals surface area contributed by atoms with Crippen LogP contribution in [0.5, 0.6) is 5.75 Å². The van der Waals surface area contributed by atoms with Gasteiger partial charge in [0.2, 0.25) is 0 Å². The highest BCUT2D eigenvalue weighted by molar-refractivity contribution is 7.91. The lowest BCUT2D eigenvalue weighted by molar-refractivity contribution is 0.158. The lowest BCUT2D eigenvalue weighted by Gasteiger charge is -2.33. The van der Waals surface area contributed by atoms with Crippen LogP contribution in [-0.4, -0.2) is 57.0 Å². The molecule has 1 aromatic carbocycles. The summed E-state index contributed by atoms with van der Waals surface area (Å²) < 4.78 is 33.4. The summed E-state index contributed by atoms with van der Waals surface area (Å²) in [6.45, 7) is 8.04. The van der Waals surface area contributed by atoms with Crippen molar-refractivity contribution in [1.82, 2.24) is 9.21 Å². The van der Waals surface area contributed by atoms with Gasteiger partial charge in [-0.15, -0.1) is 11.3 Å². The molecule has 0 aliphatic carbocycles. The number of nitrogens with zero attached hydrogens (tertiary/aromatic N) is 2. The van der Waals surface area contributed by atoms with E-state index in [1.165, 1.54) is 11.3 Å². The number of sulfonamides is 1. The molecule has 0 atom stereocenters. The highest BCUT2D eigenvalue weighted by Gasteiger charge is 2.29. The van der Waals surface area contributed by atoms with Crippen molar-refractivity contribution in [3.8, 4) is 5.75 Å². The van der Waals surface area contributed by atoms with E-state index in [2.05, 4.69) is 4.90 Å². The van der Waals surface area contributed by atoms with Crippen LogP contribution in [0.4, 0.5) is 0 Å². The van der Waals surface area contributed by atoms with E-state index in [9.17, 15) is 8.42 Å². The third-order valence-electron chi connectivity index (χ3n) is 4.67. The first kappa shape index (κ1) is 19.4. The second-order valence-electron chi connectivity index (χ2n) is 6.43. The SMILES string of the molecule is CCc1ccc(S(=O)(=O)N2CCN(CCOc3ccccc3C)CC2)s1. The van der Waals surface area contributed by atoms with Crippen LogP contribution in [0.1, 0.15) is 17.4 Å². The molecule has 142 valence electrons. The normalized spacial score (nSPS) is 16.7. The molecule has 1 aliphatic heterocycles. The quantitative estimate of drug-likeness (QED) is 0.724. The summed E-state index contributed by atoms with van der Waals surface area (Å²) in [6, 6.07) is 11.6. The number of rotatable bonds is 7. The lowest BCUT2D eigenvalue weighted by Crippen LogP contribution is -2.49. The number of hydrogen-bond acceptors (Lipinski definition) is 5. The van der Waals surface area contributed by atoms with Gasteiger partial charge in [0.15, 0.2) is 0 Å². The molecule has 0 radical (unpaired) electrons. The van der Waals surface area contributed by atoms with Crippen LogP contribution < -0.4 is 4.74 Å². The number of ether oxygens (including phenoxy) is 1. The molecule has 2 aromatic rings. The smallest absolute Gasteiger partial charge is 0.252 e. The maximum absolute atomic E-state index is 12.8. The van der Waals surface area contributed by atoms with Crippen LogP contribution in [0.3, 0.4) is 0 Å². The fraction of sp³-hybridized carbons (Fsp3) is 0.474. The minimum absolute atomic E-state index is 0.464. The fourth-order valence-corrected chi connectivity index (χ4v) is 5.88. The van der Waals surface area contributed by atoms with Crippen LogP contribution in [0.25, 0.3) is 0 Å². The van der Waals surface area contributed by atoms with E-state index in [4.69, 9.17) is 4.74 Å². The minimum atomic E-state index is -3.35. The number of aryl methyl sites for hydroxylation is 2. The molecule has 1 saturated heterocycles. The predicted molar refractivity (Wildman–Crippen MR) is 106 cm³/mol. The molecule has 7 heteroatoms. The third-order valence-corrected chi connectivity index (χ3v) is 8.27. The Morgan fingerprint density at radius 3 is 2.46 bits per heavy atom. The Balaban J connectivity index is 1.48. The van der Waals surface area contributed by atoms with E-state index in [0.29, 0.717) is 23.9 Å². The van der Waals surface area contributed by atoms with Crippen molar-refractivity contribution in [3.63, 3.8) is 0 Å². The first-order valence-electron chi connectivity index (χ1n) is 9.00. The largest absolute Gasteiger partial charge is 0.492 e. The first-order chi connectivity index (χ1) is 12.5. The number of thiophene rings is 1. The van der Waals surface area contributed by atoms with E-state index in [1.807, 2.05) is 44.2 Å². The minimum Gasteiger partial charge on any atom is -0.492 e. The van der Waals surface area contributed by atoms with Gasteiger partial charge in [-0.05, 0) is 37.1 Å². The molecule has 0 N–H and O–H groups in total. The maximum atomic E-state index is 12.8. The molecule has 2 heterocycles. The molecule has 0 unspecified atom stereocenters. The molecule has 1 fully saturated rings. The van der Waals surface area contributed by atoms with Gasteiger partial charge in [0.05, 0.1) is 0 Å². The Morgan fingerprint density at radius 1 is 1.08 bits per heavy atom. The van der Waals surface area contributed by atoms with E-state index >= 15 is 0 Å². The van der Waals surface area contributed by atoms with Gasteiger partial charge < -0.3 is 4.74 Å². The fourth-order valence-electron chi connectivity index (χ4n) is 3.01. The topological polar surface area (TPSA) is 49.9 Å². The number of hydrogen-bond donors (Lipinski definition) is 0. The highest BCUT2D eigenvalue weighted by Crippen LogP contribution is 2.26. The highest BCUT2D eigenvalue weighted by atomic mass is 32.2. The van der Waals surface area contributed by atoms with Gasteiger partial charge in [0.1, 0.15) is 16.6 Å². The van der Waals surface area contributed by atoms with Crippen LogP contribution in [0.15, 0.2) is 40.6 Å². The summed E-state index contributed by atoms with van der Waals surface area (Å²) in [6.07, 6.45) is 0.870. The van der Waals surface area contributed by atoms with Crippen molar-refractivity contribution >= 4 is 21.4 Å². The summed E-state index contributed by atoms with van der Waals surface area (Å²) in [4.78, 5) is 3.37.